The molecule has 0 amide bonds. The molecule has 0 aliphatic rings. The Morgan fingerprint density at radius 1 is 0.395 bits per heavy atom. The summed E-state index contributed by atoms with van der Waals surface area (Å²) in [6.07, 6.45) is 0. The molecule has 8 aromatic carbocycles. The smallest absolute Gasteiger partial charge is 0.135 e. The third kappa shape index (κ3) is 3.79. The first-order valence-electron chi connectivity index (χ1n) is 19.4. The number of furan rings is 1. The van der Waals surface area contributed by atoms with E-state index in [4.69, 9.17) is 11.3 Å². The summed E-state index contributed by atoms with van der Waals surface area (Å²) in [5, 5.41) is 2.53. The lowest BCUT2D eigenvalue weighted by atomic mass is 9.85. The second kappa shape index (κ2) is 9.44. The van der Waals surface area contributed by atoms with Gasteiger partial charge in [0, 0.05) is 10.8 Å². The van der Waals surface area contributed by atoms with Crippen molar-refractivity contribution < 1.29 is 19.5 Å². The Balaban J connectivity index is 1.46. The van der Waals surface area contributed by atoms with Crippen LogP contribution in [0.5, 0.6) is 0 Å². The van der Waals surface area contributed by atoms with Crippen LogP contribution in [-0.2, 0) is 0 Å². The van der Waals surface area contributed by atoms with E-state index in [-0.39, 0.29) is 61.3 Å². The first-order chi connectivity index (χ1) is 25.9. The van der Waals surface area contributed by atoms with Gasteiger partial charge in [0.25, 0.3) is 0 Å². The molecule has 200 valence electrons. The molecule has 0 fully saturated rings. The number of fused-ring (bicyclic) bond motifs is 6. The second-order valence-corrected chi connectivity index (χ2v) is 10.4. The minimum absolute atomic E-state index is 0.00418. The highest BCUT2D eigenvalue weighted by Gasteiger charge is 2.17. The largest absolute Gasteiger partial charge is 0.456 e. The predicted octanol–water partition coefficient (Wildman–Crippen LogP) is 12.0. The van der Waals surface area contributed by atoms with Crippen LogP contribution in [0.25, 0.3) is 87.6 Å². The van der Waals surface area contributed by atoms with E-state index in [0.29, 0.717) is 16.5 Å². The maximum atomic E-state index is 9.53. The fourth-order valence-electron chi connectivity index (χ4n) is 6.02. The lowest BCUT2D eigenvalue weighted by Crippen LogP contribution is -1.91. The van der Waals surface area contributed by atoms with E-state index >= 15 is 0 Å². The third-order valence-electron chi connectivity index (χ3n) is 8.03. The predicted molar refractivity (Wildman–Crippen MR) is 183 cm³/mol. The van der Waals surface area contributed by atoms with E-state index in [1.807, 2.05) is 48.5 Å². The van der Waals surface area contributed by atoms with Gasteiger partial charge in [-0.15, -0.1) is 0 Å². The highest BCUT2D eigenvalue weighted by molar-refractivity contribution is 6.22. The van der Waals surface area contributed by atoms with Crippen molar-refractivity contribution in [2.45, 2.75) is 0 Å². The quantitative estimate of drug-likeness (QED) is 0.197. The summed E-state index contributed by atoms with van der Waals surface area (Å²) in [4.78, 5) is 0. The second-order valence-electron chi connectivity index (χ2n) is 10.4. The van der Waals surface area contributed by atoms with Gasteiger partial charge in [-0.25, -0.2) is 0 Å². The van der Waals surface area contributed by atoms with Crippen molar-refractivity contribution in [1.29, 1.82) is 0 Å². The summed E-state index contributed by atoms with van der Waals surface area (Å²) in [5.41, 5.74) is 2.42. The first-order valence-corrected chi connectivity index (χ1v) is 13.9. The van der Waals surface area contributed by atoms with E-state index in [1.54, 1.807) is 36.4 Å². The van der Waals surface area contributed by atoms with Gasteiger partial charge in [-0.1, -0.05) is 133 Å². The molecule has 0 N–H and O–H groups in total. The van der Waals surface area contributed by atoms with Crippen molar-refractivity contribution >= 4 is 54.3 Å². The van der Waals surface area contributed by atoms with E-state index in [0.717, 1.165) is 21.9 Å². The highest BCUT2D eigenvalue weighted by atomic mass is 16.3. The molecule has 0 spiro atoms. The Hall–Kier alpha value is -5.66. The molecule has 0 saturated heterocycles. The number of para-hydroxylation sites is 1. The van der Waals surface area contributed by atoms with E-state index in [9.17, 15) is 8.22 Å². The van der Waals surface area contributed by atoms with Crippen molar-refractivity contribution in [3.05, 3.63) is 157 Å². The molecule has 1 aromatic heterocycles. The van der Waals surface area contributed by atoms with Gasteiger partial charge < -0.3 is 4.42 Å². The van der Waals surface area contributed by atoms with Gasteiger partial charge >= 0.3 is 0 Å². The minimum Gasteiger partial charge on any atom is -0.456 e. The molecule has 0 radical (unpaired) electrons. The topological polar surface area (TPSA) is 13.1 Å². The third-order valence-corrected chi connectivity index (χ3v) is 8.03. The maximum absolute atomic E-state index is 9.53. The van der Waals surface area contributed by atoms with Crippen LogP contribution in [0.15, 0.2) is 162 Å². The van der Waals surface area contributed by atoms with E-state index < -0.39 is 54.4 Å². The SMILES string of the molecule is [2H]c1c(-c2c3c([2H])c([2H])c([2H])c([2H])c3c(-c3ccc(-c4ccc5ccccc5c4)cc3)c3c([2H])c([2H])c([2H])c([2H])c23)c([2H])c2c(oc3ccccc32)c1[2H]. The van der Waals surface area contributed by atoms with Crippen LogP contribution < -0.4 is 0 Å². The Bertz CT molecular complexity index is 3030. The number of hydrogen-bond donors (Lipinski definition) is 0. The van der Waals surface area contributed by atoms with Crippen LogP contribution >= 0.6 is 0 Å². The van der Waals surface area contributed by atoms with Crippen LogP contribution in [0.4, 0.5) is 0 Å². The van der Waals surface area contributed by atoms with Gasteiger partial charge in [-0.3, -0.25) is 0 Å². The van der Waals surface area contributed by atoms with Gasteiger partial charge in [0.15, 0.2) is 0 Å². The molecule has 9 aromatic rings. The van der Waals surface area contributed by atoms with Gasteiger partial charge in [0.05, 0.1) is 15.1 Å². The minimum atomic E-state index is -0.592. The van der Waals surface area contributed by atoms with E-state index in [1.165, 1.54) is 0 Å². The molecule has 0 saturated carbocycles. The van der Waals surface area contributed by atoms with Crippen LogP contribution in [0.2, 0.25) is 0 Å². The molecule has 1 heterocycles. The van der Waals surface area contributed by atoms with Gasteiger partial charge in [-0.05, 0) is 89.9 Å². The van der Waals surface area contributed by atoms with Crippen molar-refractivity contribution in [3.8, 4) is 33.4 Å². The monoisotopic (exact) mass is 557 g/mol. The lowest BCUT2D eigenvalue weighted by Gasteiger charge is -2.18. The zero-order valence-electron chi connectivity index (χ0n) is 33.6. The number of hydrogen-bond acceptors (Lipinski definition) is 1. The summed E-state index contributed by atoms with van der Waals surface area (Å²) in [6, 6.07) is 22.9. The normalized spacial score (nSPS) is 15.3. The van der Waals surface area contributed by atoms with Crippen molar-refractivity contribution in [2.24, 2.45) is 0 Å². The molecule has 1 nitrogen and oxygen atoms in total. The summed E-state index contributed by atoms with van der Waals surface area (Å²) >= 11 is 0. The molecular weight excluding hydrogens is 520 g/mol. The zero-order chi connectivity index (χ0) is 37.9. The molecule has 43 heavy (non-hydrogen) atoms. The van der Waals surface area contributed by atoms with Gasteiger partial charge in [0.2, 0.25) is 0 Å². The Labute approximate surface area is 264 Å². The average molecular weight is 558 g/mol. The highest BCUT2D eigenvalue weighted by Crippen LogP contribution is 2.45. The number of benzene rings is 8. The summed E-state index contributed by atoms with van der Waals surface area (Å²) in [7, 11) is 0. The van der Waals surface area contributed by atoms with Crippen molar-refractivity contribution in [3.63, 3.8) is 0 Å². The molecule has 0 atom stereocenters. The van der Waals surface area contributed by atoms with Gasteiger partial charge in [-0.2, -0.15) is 0 Å². The molecule has 9 rings (SSSR count). The molecule has 0 aliphatic carbocycles. The Kier molecular flexibility index (Phi) is 3.41. The van der Waals surface area contributed by atoms with Crippen LogP contribution in [-0.4, -0.2) is 0 Å². The molecule has 0 unspecified atom stereocenters. The zero-order valence-corrected chi connectivity index (χ0v) is 22.6. The molecule has 0 bridgehead atoms. The Morgan fingerprint density at radius 2 is 0.977 bits per heavy atom. The Morgan fingerprint density at radius 3 is 1.70 bits per heavy atom. The fraction of sp³-hybridized carbons (Fsp3) is 0. The summed E-state index contributed by atoms with van der Waals surface area (Å²) in [5.74, 6) is 0. The molecular formula is C42H26O. The summed E-state index contributed by atoms with van der Waals surface area (Å²) in [6.45, 7) is 0. The lowest BCUT2D eigenvalue weighted by molar-refractivity contribution is 0.669. The first kappa shape index (κ1) is 15.5. The molecule has 0 aliphatic heterocycles. The molecule has 1 heteroatoms. The van der Waals surface area contributed by atoms with Crippen molar-refractivity contribution in [2.75, 3.05) is 0 Å². The van der Waals surface area contributed by atoms with Crippen LogP contribution in [0.1, 0.15) is 15.1 Å². The summed E-state index contributed by atoms with van der Waals surface area (Å²) < 4.78 is 106. The van der Waals surface area contributed by atoms with E-state index in [2.05, 4.69) is 6.07 Å². The van der Waals surface area contributed by atoms with Crippen LogP contribution in [0.3, 0.4) is 0 Å². The maximum Gasteiger partial charge on any atom is 0.135 e. The average Bonchev–Trinajstić information content (AvgIpc) is 3.59. The number of rotatable bonds is 3. The van der Waals surface area contributed by atoms with Gasteiger partial charge in [0.1, 0.15) is 11.2 Å². The fourth-order valence-corrected chi connectivity index (χ4v) is 6.02. The van der Waals surface area contributed by atoms with Crippen molar-refractivity contribution in [1.82, 2.24) is 0 Å². The van der Waals surface area contributed by atoms with Crippen LogP contribution in [0, 0.1) is 0 Å². The standard InChI is InChI=1S/C42H26O/c1-2-10-30-25-31(22-19-27(30)9-1)28-17-20-29(21-18-28)41-34-12-3-5-14-36(34)42(37-15-6-4-13-35(37)41)32-23-24-40-38(26-32)33-11-7-8-16-39(33)43-40/h1-26H/i3D,4D,5D,6D,12D,13D,14D,15D,23D,24D,26D.